The van der Waals surface area contributed by atoms with Crippen molar-refractivity contribution in [2.45, 2.75) is 58.3 Å². The molecule has 3 aromatic rings. The Morgan fingerprint density at radius 3 is 2.26 bits per heavy atom. The van der Waals surface area contributed by atoms with E-state index >= 15 is 0 Å². The monoisotopic (exact) mass is 572 g/mol. The van der Waals surface area contributed by atoms with Crippen molar-refractivity contribution >= 4 is 35.4 Å². The molecule has 1 aliphatic rings. The van der Waals surface area contributed by atoms with Crippen LogP contribution in [0.25, 0.3) is 0 Å². The van der Waals surface area contributed by atoms with Crippen LogP contribution < -0.4 is 15.5 Å². The van der Waals surface area contributed by atoms with Gasteiger partial charge < -0.3 is 25.4 Å². The minimum absolute atomic E-state index is 0.233. The number of alkyl carbamates (subject to hydrolysis) is 1. The van der Waals surface area contributed by atoms with Crippen molar-refractivity contribution in [1.82, 2.24) is 10.2 Å². The van der Waals surface area contributed by atoms with Gasteiger partial charge in [-0.25, -0.2) is 9.59 Å². The molecular weight excluding hydrogens is 536 g/mol. The number of benzene rings is 3. The number of carbonyl (C=O) groups is 4. The van der Waals surface area contributed by atoms with Crippen molar-refractivity contribution < 1.29 is 29.0 Å². The number of hydrogen-bond donors (Lipinski definition) is 3. The van der Waals surface area contributed by atoms with E-state index in [0.717, 1.165) is 16.7 Å². The number of nitrogens with zero attached hydrogens (tertiary/aromatic N) is 2. The normalized spacial score (nSPS) is 14.9. The van der Waals surface area contributed by atoms with Gasteiger partial charge in [-0.3, -0.25) is 14.5 Å². The molecule has 42 heavy (non-hydrogen) atoms. The molecule has 1 aliphatic heterocycles. The van der Waals surface area contributed by atoms with Crippen LogP contribution in [0.4, 0.5) is 21.0 Å². The second-order valence-corrected chi connectivity index (χ2v) is 11.1. The van der Waals surface area contributed by atoms with E-state index in [9.17, 15) is 24.3 Å². The number of rotatable bonds is 8. The summed E-state index contributed by atoms with van der Waals surface area (Å²) in [4.78, 5) is 54.2. The molecule has 3 aromatic carbocycles. The number of nitrogens with one attached hydrogen (secondary N) is 2. The highest BCUT2D eigenvalue weighted by Gasteiger charge is 2.39. The zero-order valence-corrected chi connectivity index (χ0v) is 24.0. The lowest BCUT2D eigenvalue weighted by Gasteiger charge is -2.30. The maximum Gasteiger partial charge on any atom is 0.407 e. The maximum absolute atomic E-state index is 13.8. The minimum atomic E-state index is -1.24. The van der Waals surface area contributed by atoms with Crippen molar-refractivity contribution in [2.75, 3.05) is 16.8 Å². The Balaban J connectivity index is 1.53. The van der Waals surface area contributed by atoms with Gasteiger partial charge >= 0.3 is 18.1 Å². The number of hydrogen-bond acceptors (Lipinski definition) is 5. The SMILES string of the molecule is CC(C)(C)OC(=O)NCc1ccc(NC(=O)N2c3ccccc3CN(CCc3ccccc3)C(=O)C2CC(=O)O)cc1. The summed E-state index contributed by atoms with van der Waals surface area (Å²) in [5.74, 6) is -1.61. The maximum atomic E-state index is 13.8. The van der Waals surface area contributed by atoms with Crippen LogP contribution in [0.3, 0.4) is 0 Å². The van der Waals surface area contributed by atoms with Gasteiger partial charge in [-0.1, -0.05) is 60.7 Å². The number of anilines is 2. The molecule has 1 unspecified atom stereocenters. The highest BCUT2D eigenvalue weighted by Crippen LogP contribution is 2.31. The first kappa shape index (κ1) is 30.1. The number of ether oxygens (including phenoxy) is 1. The largest absolute Gasteiger partial charge is 0.481 e. The van der Waals surface area contributed by atoms with E-state index in [0.29, 0.717) is 24.3 Å². The van der Waals surface area contributed by atoms with Gasteiger partial charge in [0.1, 0.15) is 11.6 Å². The predicted octanol–water partition coefficient (Wildman–Crippen LogP) is 5.18. The Morgan fingerprint density at radius 1 is 0.929 bits per heavy atom. The predicted molar refractivity (Wildman–Crippen MR) is 159 cm³/mol. The third-order valence-electron chi connectivity index (χ3n) is 6.66. The summed E-state index contributed by atoms with van der Waals surface area (Å²) in [5.41, 5.74) is 2.90. The Labute approximate surface area is 245 Å². The van der Waals surface area contributed by atoms with Gasteiger partial charge in [-0.2, -0.15) is 0 Å². The summed E-state index contributed by atoms with van der Waals surface area (Å²) >= 11 is 0. The number of carboxylic acid groups (broad SMARTS) is 1. The third kappa shape index (κ3) is 8.09. The topological polar surface area (TPSA) is 128 Å². The summed E-state index contributed by atoms with van der Waals surface area (Å²) in [5, 5.41) is 15.2. The average molecular weight is 573 g/mol. The van der Waals surface area contributed by atoms with Crippen LogP contribution in [0.15, 0.2) is 78.9 Å². The van der Waals surface area contributed by atoms with Crippen LogP contribution >= 0.6 is 0 Å². The Hall–Kier alpha value is -4.86. The second kappa shape index (κ2) is 13.2. The zero-order chi connectivity index (χ0) is 30.3. The van der Waals surface area contributed by atoms with Crippen LogP contribution in [-0.4, -0.2) is 52.2 Å². The molecule has 10 nitrogen and oxygen atoms in total. The number of fused-ring (bicyclic) bond motifs is 1. The fourth-order valence-electron chi connectivity index (χ4n) is 4.72. The van der Waals surface area contributed by atoms with Crippen LogP contribution in [0, 0.1) is 0 Å². The first-order valence-electron chi connectivity index (χ1n) is 13.8. The summed E-state index contributed by atoms with van der Waals surface area (Å²) < 4.78 is 5.25. The smallest absolute Gasteiger partial charge is 0.407 e. The van der Waals surface area contributed by atoms with Crippen LogP contribution in [0.5, 0.6) is 0 Å². The number of para-hydroxylation sites is 1. The van der Waals surface area contributed by atoms with E-state index in [1.54, 1.807) is 62.1 Å². The molecule has 0 aromatic heterocycles. The van der Waals surface area contributed by atoms with E-state index in [1.807, 2.05) is 42.5 Å². The van der Waals surface area contributed by atoms with Crippen molar-refractivity contribution in [2.24, 2.45) is 0 Å². The molecule has 220 valence electrons. The molecule has 0 radical (unpaired) electrons. The van der Waals surface area contributed by atoms with E-state index in [-0.39, 0.29) is 13.1 Å². The van der Waals surface area contributed by atoms with Gasteiger partial charge in [-0.05, 0) is 62.1 Å². The number of aliphatic carboxylic acids is 1. The molecule has 4 amide bonds. The molecular formula is C32H36N4O6. The van der Waals surface area contributed by atoms with E-state index in [1.165, 1.54) is 4.90 Å². The molecule has 10 heteroatoms. The first-order valence-corrected chi connectivity index (χ1v) is 13.8. The Kier molecular flexibility index (Phi) is 9.46. The van der Waals surface area contributed by atoms with Crippen LogP contribution in [0.2, 0.25) is 0 Å². The van der Waals surface area contributed by atoms with Gasteiger partial charge in [0.2, 0.25) is 5.91 Å². The highest BCUT2D eigenvalue weighted by atomic mass is 16.6. The number of carbonyl (C=O) groups excluding carboxylic acids is 3. The highest BCUT2D eigenvalue weighted by molar-refractivity contribution is 6.08. The second-order valence-electron chi connectivity index (χ2n) is 11.1. The van der Waals surface area contributed by atoms with Gasteiger partial charge in [0, 0.05) is 25.3 Å². The van der Waals surface area contributed by atoms with Crippen LogP contribution in [0.1, 0.15) is 43.9 Å². The quantitative estimate of drug-likeness (QED) is 0.341. The first-order chi connectivity index (χ1) is 20.0. The van der Waals surface area contributed by atoms with Crippen molar-refractivity contribution in [3.8, 4) is 0 Å². The molecule has 0 saturated heterocycles. The van der Waals surface area contributed by atoms with E-state index < -0.39 is 42.1 Å². The van der Waals surface area contributed by atoms with E-state index in [2.05, 4.69) is 10.6 Å². The van der Waals surface area contributed by atoms with Gasteiger partial charge in [0.25, 0.3) is 0 Å². The molecule has 1 heterocycles. The minimum Gasteiger partial charge on any atom is -0.481 e. The molecule has 3 N–H and O–H groups in total. The van der Waals surface area contributed by atoms with Crippen molar-refractivity contribution in [3.63, 3.8) is 0 Å². The van der Waals surface area contributed by atoms with Crippen molar-refractivity contribution in [1.29, 1.82) is 0 Å². The lowest BCUT2D eigenvalue weighted by atomic mass is 10.1. The molecule has 0 fully saturated rings. The summed E-state index contributed by atoms with van der Waals surface area (Å²) in [7, 11) is 0. The Morgan fingerprint density at radius 2 is 1.60 bits per heavy atom. The lowest BCUT2D eigenvalue weighted by Crippen LogP contribution is -2.51. The van der Waals surface area contributed by atoms with Gasteiger partial charge in [0.15, 0.2) is 0 Å². The fraction of sp³-hybridized carbons (Fsp3) is 0.312. The summed E-state index contributed by atoms with van der Waals surface area (Å²) in [6.45, 7) is 6.20. The van der Waals surface area contributed by atoms with Gasteiger partial charge in [0.05, 0.1) is 12.1 Å². The molecule has 0 saturated carbocycles. The van der Waals surface area contributed by atoms with Crippen LogP contribution in [-0.2, 0) is 33.8 Å². The fourth-order valence-corrected chi connectivity index (χ4v) is 4.72. The van der Waals surface area contributed by atoms with Gasteiger partial charge in [-0.15, -0.1) is 0 Å². The number of carboxylic acids is 1. The summed E-state index contributed by atoms with van der Waals surface area (Å²) in [6, 6.07) is 21.9. The Bertz CT molecular complexity index is 1420. The summed E-state index contributed by atoms with van der Waals surface area (Å²) in [6.07, 6.45) is -0.486. The average Bonchev–Trinajstić information content (AvgIpc) is 3.05. The molecule has 4 rings (SSSR count). The molecule has 0 bridgehead atoms. The van der Waals surface area contributed by atoms with Crippen molar-refractivity contribution in [3.05, 3.63) is 95.6 Å². The van der Waals surface area contributed by atoms with E-state index in [4.69, 9.17) is 4.74 Å². The molecule has 0 spiro atoms. The number of amides is 4. The molecule has 1 atom stereocenters. The molecule has 0 aliphatic carbocycles. The third-order valence-corrected chi connectivity index (χ3v) is 6.66. The lowest BCUT2D eigenvalue weighted by molar-refractivity contribution is -0.142. The standard InChI is InChI=1S/C32H36N4O6/c1-32(2,3)42-31(41)33-20-23-13-15-25(16-14-23)34-30(40)36-26-12-8-7-11-24(26)21-35(29(39)27(36)19-28(37)38)18-17-22-9-5-4-6-10-22/h4-16,27H,17-21H2,1-3H3,(H,33,41)(H,34,40)(H,37,38). The zero-order valence-electron chi connectivity index (χ0n) is 24.0. The number of urea groups is 1.